The molecule has 0 radical (unpaired) electrons. The lowest BCUT2D eigenvalue weighted by atomic mass is 10.1. The molecule has 0 fully saturated rings. The minimum atomic E-state index is -0.671. The number of hydrogen-bond donors (Lipinski definition) is 0. The predicted molar refractivity (Wildman–Crippen MR) is 104 cm³/mol. The molecule has 8 heteroatoms. The quantitative estimate of drug-likeness (QED) is 0.444. The molecule has 0 spiro atoms. The first-order valence-corrected chi connectivity index (χ1v) is 8.90. The Bertz CT molecular complexity index is 1060. The molecule has 3 aromatic rings. The van der Waals surface area contributed by atoms with Crippen molar-refractivity contribution in [3.05, 3.63) is 58.6 Å². The zero-order valence-corrected chi connectivity index (χ0v) is 16.9. The molecule has 1 aromatic carbocycles. The molecular formula is C21H22N2O6. The van der Waals surface area contributed by atoms with E-state index in [0.717, 1.165) is 5.69 Å². The summed E-state index contributed by atoms with van der Waals surface area (Å²) in [5.41, 5.74) is 2.15. The molecule has 0 bridgehead atoms. The number of carbonyl (C=O) groups is 2. The summed E-state index contributed by atoms with van der Waals surface area (Å²) in [6.45, 7) is 5.06. The van der Waals surface area contributed by atoms with Crippen LogP contribution in [-0.2, 0) is 4.74 Å². The number of esters is 1. The summed E-state index contributed by atoms with van der Waals surface area (Å²) < 4.78 is 22.5. The van der Waals surface area contributed by atoms with E-state index in [4.69, 9.17) is 18.7 Å². The van der Waals surface area contributed by atoms with Gasteiger partial charge in [-0.1, -0.05) is 5.16 Å². The summed E-state index contributed by atoms with van der Waals surface area (Å²) in [5, 5.41) is 4.00. The van der Waals surface area contributed by atoms with Gasteiger partial charge in [-0.05, 0) is 45.0 Å². The van der Waals surface area contributed by atoms with Gasteiger partial charge in [-0.25, -0.2) is 4.79 Å². The Kier molecular flexibility index (Phi) is 5.72. The van der Waals surface area contributed by atoms with Crippen LogP contribution < -0.4 is 9.47 Å². The maximum absolute atomic E-state index is 12.7. The van der Waals surface area contributed by atoms with Gasteiger partial charge in [0.15, 0.2) is 12.4 Å². The fraction of sp³-hybridized carbons (Fsp3) is 0.286. The van der Waals surface area contributed by atoms with E-state index in [1.165, 1.54) is 20.3 Å². The number of ketones is 1. The Labute approximate surface area is 168 Å². The van der Waals surface area contributed by atoms with Crippen LogP contribution in [0.1, 0.15) is 37.9 Å². The third-order valence-corrected chi connectivity index (χ3v) is 4.54. The van der Waals surface area contributed by atoms with E-state index < -0.39 is 12.6 Å². The summed E-state index contributed by atoms with van der Waals surface area (Å²) >= 11 is 0. The number of nitrogens with zero attached hydrogens (tertiary/aromatic N) is 2. The van der Waals surface area contributed by atoms with Crippen molar-refractivity contribution in [2.45, 2.75) is 20.8 Å². The first-order valence-electron chi connectivity index (χ1n) is 8.90. The van der Waals surface area contributed by atoms with E-state index >= 15 is 0 Å². The van der Waals surface area contributed by atoms with Gasteiger partial charge < -0.3 is 18.7 Å². The molecule has 0 aliphatic heterocycles. The third-order valence-electron chi connectivity index (χ3n) is 4.54. The van der Waals surface area contributed by atoms with Gasteiger partial charge in [-0.3, -0.25) is 9.36 Å². The van der Waals surface area contributed by atoms with Crippen LogP contribution in [0.2, 0.25) is 0 Å². The summed E-state index contributed by atoms with van der Waals surface area (Å²) in [7, 11) is 2.94. The number of hydrogen-bond acceptors (Lipinski definition) is 7. The second-order valence-electron chi connectivity index (χ2n) is 6.48. The molecule has 8 nitrogen and oxygen atoms in total. The van der Waals surface area contributed by atoms with Crippen LogP contribution in [0.25, 0.3) is 5.82 Å². The standard InChI is InChI=1S/C21H22N2O6/c1-12-8-16(14(3)23(12)20-9-13(2)29-22-20)18(24)11-28-21(25)17-10-15(26-4)6-7-19(17)27-5/h6-10H,11H2,1-5H3. The molecule has 2 aromatic heterocycles. The monoisotopic (exact) mass is 398 g/mol. The zero-order chi connectivity index (χ0) is 21.1. The Morgan fingerprint density at radius 2 is 1.79 bits per heavy atom. The second-order valence-corrected chi connectivity index (χ2v) is 6.48. The van der Waals surface area contributed by atoms with Gasteiger partial charge in [0.25, 0.3) is 0 Å². The van der Waals surface area contributed by atoms with Crippen molar-refractivity contribution in [3.63, 3.8) is 0 Å². The highest BCUT2D eigenvalue weighted by molar-refractivity contribution is 6.01. The SMILES string of the molecule is COc1ccc(OC)c(C(=O)OCC(=O)c2cc(C)n(-c3cc(C)on3)c2C)c1. The molecule has 0 saturated carbocycles. The average Bonchev–Trinajstić information content (AvgIpc) is 3.27. The molecule has 0 N–H and O–H groups in total. The number of Topliss-reactive ketones (excluding diaryl/α,β-unsaturated/α-hetero) is 1. The third kappa shape index (κ3) is 4.01. The minimum Gasteiger partial charge on any atom is -0.497 e. The number of aromatic nitrogens is 2. The van der Waals surface area contributed by atoms with Gasteiger partial charge in [0.1, 0.15) is 22.8 Å². The van der Waals surface area contributed by atoms with E-state index in [0.29, 0.717) is 34.3 Å². The van der Waals surface area contributed by atoms with Crippen LogP contribution in [0.4, 0.5) is 0 Å². The van der Waals surface area contributed by atoms with Gasteiger partial charge in [-0.2, -0.15) is 0 Å². The lowest BCUT2D eigenvalue weighted by Gasteiger charge is -2.10. The van der Waals surface area contributed by atoms with Crippen molar-refractivity contribution >= 4 is 11.8 Å². The molecular weight excluding hydrogens is 376 g/mol. The van der Waals surface area contributed by atoms with E-state index in [1.807, 2.05) is 11.5 Å². The number of benzene rings is 1. The van der Waals surface area contributed by atoms with E-state index in [-0.39, 0.29) is 11.3 Å². The number of methoxy groups -OCH3 is 2. The normalized spacial score (nSPS) is 10.7. The van der Waals surface area contributed by atoms with E-state index in [1.54, 1.807) is 38.1 Å². The minimum absolute atomic E-state index is 0.184. The van der Waals surface area contributed by atoms with Crippen LogP contribution in [0.3, 0.4) is 0 Å². The molecule has 29 heavy (non-hydrogen) atoms. The van der Waals surface area contributed by atoms with Crippen molar-refractivity contribution in [2.24, 2.45) is 0 Å². The number of carbonyl (C=O) groups excluding carboxylic acids is 2. The van der Waals surface area contributed by atoms with Crippen molar-refractivity contribution in [1.29, 1.82) is 0 Å². The Hall–Kier alpha value is -3.55. The lowest BCUT2D eigenvalue weighted by Crippen LogP contribution is -2.15. The Balaban J connectivity index is 1.77. The van der Waals surface area contributed by atoms with Gasteiger partial charge >= 0.3 is 5.97 Å². The molecule has 0 unspecified atom stereocenters. The summed E-state index contributed by atoms with van der Waals surface area (Å²) in [5.74, 6) is 1.09. The van der Waals surface area contributed by atoms with Crippen LogP contribution >= 0.6 is 0 Å². The zero-order valence-electron chi connectivity index (χ0n) is 16.9. The molecule has 0 saturated heterocycles. The summed E-state index contributed by atoms with van der Waals surface area (Å²) in [6, 6.07) is 8.29. The maximum atomic E-state index is 12.7. The molecule has 0 amide bonds. The second kappa shape index (κ2) is 8.22. The summed E-state index contributed by atoms with van der Waals surface area (Å²) in [6.07, 6.45) is 0. The fourth-order valence-electron chi connectivity index (χ4n) is 3.12. The maximum Gasteiger partial charge on any atom is 0.342 e. The van der Waals surface area contributed by atoms with Crippen molar-refractivity contribution in [2.75, 3.05) is 20.8 Å². The number of aryl methyl sites for hydroxylation is 2. The van der Waals surface area contributed by atoms with Gasteiger partial charge in [0.05, 0.1) is 14.2 Å². The predicted octanol–water partition coefficient (Wildman–Crippen LogP) is 3.45. The highest BCUT2D eigenvalue weighted by Crippen LogP contribution is 2.25. The van der Waals surface area contributed by atoms with Crippen LogP contribution in [0.5, 0.6) is 11.5 Å². The van der Waals surface area contributed by atoms with E-state index in [9.17, 15) is 9.59 Å². The number of rotatable bonds is 7. The fourth-order valence-corrected chi connectivity index (χ4v) is 3.12. The molecule has 152 valence electrons. The van der Waals surface area contributed by atoms with Gasteiger partial charge in [0.2, 0.25) is 5.78 Å². The van der Waals surface area contributed by atoms with E-state index in [2.05, 4.69) is 5.16 Å². The van der Waals surface area contributed by atoms with Crippen LogP contribution in [0.15, 0.2) is 34.9 Å². The number of ether oxygens (including phenoxy) is 3. The molecule has 0 aliphatic carbocycles. The molecule has 0 atom stereocenters. The highest BCUT2D eigenvalue weighted by atomic mass is 16.5. The molecule has 2 heterocycles. The van der Waals surface area contributed by atoms with Crippen molar-refractivity contribution in [3.8, 4) is 17.3 Å². The largest absolute Gasteiger partial charge is 0.497 e. The first kappa shape index (κ1) is 20.2. The summed E-state index contributed by atoms with van der Waals surface area (Å²) in [4.78, 5) is 25.2. The molecule has 0 aliphatic rings. The van der Waals surface area contributed by atoms with Crippen molar-refractivity contribution in [1.82, 2.24) is 9.72 Å². The topological polar surface area (TPSA) is 92.8 Å². The average molecular weight is 398 g/mol. The lowest BCUT2D eigenvalue weighted by molar-refractivity contribution is 0.0471. The highest BCUT2D eigenvalue weighted by Gasteiger charge is 2.21. The van der Waals surface area contributed by atoms with Gasteiger partial charge in [0, 0.05) is 23.0 Å². The van der Waals surface area contributed by atoms with Crippen molar-refractivity contribution < 1.29 is 28.3 Å². The smallest absolute Gasteiger partial charge is 0.342 e. The molecule has 3 rings (SSSR count). The van der Waals surface area contributed by atoms with Crippen LogP contribution in [-0.4, -0.2) is 42.3 Å². The Morgan fingerprint density at radius 1 is 1.03 bits per heavy atom. The van der Waals surface area contributed by atoms with Gasteiger partial charge in [-0.15, -0.1) is 0 Å². The van der Waals surface area contributed by atoms with Crippen LogP contribution in [0, 0.1) is 20.8 Å². The first-order chi connectivity index (χ1) is 13.8. The Morgan fingerprint density at radius 3 is 2.41 bits per heavy atom.